The minimum Gasteiger partial charge on any atom is -0.316 e. The summed E-state index contributed by atoms with van der Waals surface area (Å²) in [4.78, 5) is 0.417. The van der Waals surface area contributed by atoms with Crippen molar-refractivity contribution in [3.63, 3.8) is 0 Å². The van der Waals surface area contributed by atoms with Gasteiger partial charge in [0.15, 0.2) is 0 Å². The van der Waals surface area contributed by atoms with Gasteiger partial charge in [-0.1, -0.05) is 25.5 Å². The first-order chi connectivity index (χ1) is 9.59. The number of nitrogens with zero attached hydrogens (tertiary/aromatic N) is 1. The van der Waals surface area contributed by atoms with E-state index in [1.165, 1.54) is 0 Å². The Morgan fingerprint density at radius 2 is 1.90 bits per heavy atom. The molecule has 1 aliphatic rings. The van der Waals surface area contributed by atoms with Gasteiger partial charge in [-0.15, -0.1) is 0 Å². The van der Waals surface area contributed by atoms with Crippen LogP contribution >= 0.6 is 0 Å². The molecule has 20 heavy (non-hydrogen) atoms. The summed E-state index contributed by atoms with van der Waals surface area (Å²) in [7, 11) is -1.45. The molecule has 0 heterocycles. The van der Waals surface area contributed by atoms with Crippen LogP contribution in [0.15, 0.2) is 29.2 Å². The van der Waals surface area contributed by atoms with Crippen molar-refractivity contribution in [3.05, 3.63) is 29.8 Å². The molecule has 1 aliphatic carbocycles. The second kappa shape index (κ2) is 6.70. The molecule has 0 spiro atoms. The van der Waals surface area contributed by atoms with Gasteiger partial charge >= 0.3 is 0 Å². The van der Waals surface area contributed by atoms with Crippen LogP contribution in [0.3, 0.4) is 0 Å². The molecular formula is C15H24N2O2S. The number of sulfonamides is 1. The Kier molecular flexibility index (Phi) is 5.18. The third-order valence-electron chi connectivity index (χ3n) is 3.60. The molecule has 0 saturated heterocycles. The first-order valence-electron chi connectivity index (χ1n) is 7.35. The van der Waals surface area contributed by atoms with E-state index in [0.29, 0.717) is 11.4 Å². The van der Waals surface area contributed by atoms with Crippen molar-refractivity contribution in [2.24, 2.45) is 0 Å². The highest BCUT2D eigenvalue weighted by atomic mass is 32.2. The van der Waals surface area contributed by atoms with Crippen molar-refractivity contribution in [1.29, 1.82) is 0 Å². The Morgan fingerprint density at radius 1 is 1.25 bits per heavy atom. The third kappa shape index (κ3) is 3.59. The van der Waals surface area contributed by atoms with Gasteiger partial charge in [0.2, 0.25) is 10.0 Å². The Balaban J connectivity index is 2.18. The third-order valence-corrected chi connectivity index (χ3v) is 5.56. The lowest BCUT2D eigenvalue weighted by atomic mass is 10.2. The van der Waals surface area contributed by atoms with Gasteiger partial charge in [0.05, 0.1) is 4.90 Å². The molecule has 0 atom stereocenters. The molecule has 1 aromatic carbocycles. The van der Waals surface area contributed by atoms with E-state index in [1.54, 1.807) is 16.4 Å². The van der Waals surface area contributed by atoms with Gasteiger partial charge in [0.25, 0.3) is 0 Å². The van der Waals surface area contributed by atoms with E-state index in [9.17, 15) is 8.42 Å². The smallest absolute Gasteiger partial charge is 0.243 e. The molecule has 0 radical (unpaired) electrons. The lowest BCUT2D eigenvalue weighted by Gasteiger charge is -2.21. The van der Waals surface area contributed by atoms with Gasteiger partial charge < -0.3 is 5.32 Å². The fourth-order valence-corrected chi connectivity index (χ4v) is 4.02. The number of hydrogen-bond donors (Lipinski definition) is 1. The van der Waals surface area contributed by atoms with Crippen LogP contribution in [-0.2, 0) is 16.6 Å². The van der Waals surface area contributed by atoms with Gasteiger partial charge in [-0.05, 0) is 44.0 Å². The van der Waals surface area contributed by atoms with Gasteiger partial charge in [0.1, 0.15) is 0 Å². The Labute approximate surface area is 122 Å². The maximum atomic E-state index is 12.7. The molecule has 1 aromatic rings. The summed E-state index contributed by atoms with van der Waals surface area (Å²) in [5.74, 6) is 0. The van der Waals surface area contributed by atoms with Crippen LogP contribution in [0.4, 0.5) is 0 Å². The minimum atomic E-state index is -3.33. The first kappa shape index (κ1) is 15.5. The summed E-state index contributed by atoms with van der Waals surface area (Å²) in [6.07, 6.45) is 3.94. The van der Waals surface area contributed by atoms with Gasteiger partial charge in [-0.25, -0.2) is 8.42 Å². The standard InChI is InChI=1S/C15H24N2O2S/c1-3-4-11-17(14-7-8-14)20(18,19)15-9-5-13(6-10-15)12-16-2/h5-6,9-10,14,16H,3-4,7-8,11-12H2,1-2H3. The Bertz CT molecular complexity index is 521. The van der Waals surface area contributed by atoms with E-state index < -0.39 is 10.0 Å². The number of hydrogen-bond acceptors (Lipinski definition) is 3. The summed E-state index contributed by atoms with van der Waals surface area (Å²) in [6, 6.07) is 7.44. The van der Waals surface area contributed by atoms with E-state index in [-0.39, 0.29) is 6.04 Å². The van der Waals surface area contributed by atoms with Crippen LogP contribution in [0.5, 0.6) is 0 Å². The molecule has 1 N–H and O–H groups in total. The second-order valence-corrected chi connectivity index (χ2v) is 7.27. The van der Waals surface area contributed by atoms with Crippen molar-refractivity contribution < 1.29 is 8.42 Å². The highest BCUT2D eigenvalue weighted by Crippen LogP contribution is 2.32. The Morgan fingerprint density at radius 3 is 2.40 bits per heavy atom. The predicted molar refractivity (Wildman–Crippen MR) is 81.0 cm³/mol. The molecule has 0 aromatic heterocycles. The fraction of sp³-hybridized carbons (Fsp3) is 0.600. The summed E-state index contributed by atoms with van der Waals surface area (Å²) in [5, 5.41) is 3.06. The molecule has 1 fully saturated rings. The number of benzene rings is 1. The number of unbranched alkanes of at least 4 members (excludes halogenated alkanes) is 1. The minimum absolute atomic E-state index is 0.225. The zero-order chi connectivity index (χ0) is 14.6. The van der Waals surface area contributed by atoms with Crippen LogP contribution < -0.4 is 5.32 Å². The van der Waals surface area contributed by atoms with Crippen molar-refractivity contribution in [3.8, 4) is 0 Å². The predicted octanol–water partition coefficient (Wildman–Crippen LogP) is 2.36. The average Bonchev–Trinajstić information content (AvgIpc) is 3.24. The molecule has 4 nitrogen and oxygen atoms in total. The molecule has 2 rings (SSSR count). The van der Waals surface area contributed by atoms with Gasteiger partial charge in [0, 0.05) is 19.1 Å². The van der Waals surface area contributed by atoms with Crippen molar-refractivity contribution in [2.75, 3.05) is 13.6 Å². The fourth-order valence-electron chi connectivity index (χ4n) is 2.29. The Hall–Kier alpha value is -0.910. The van der Waals surface area contributed by atoms with Crippen LogP contribution in [0, 0.1) is 0 Å². The molecule has 0 aliphatic heterocycles. The highest BCUT2D eigenvalue weighted by molar-refractivity contribution is 7.89. The normalized spacial score (nSPS) is 15.8. The quantitative estimate of drug-likeness (QED) is 0.801. The zero-order valence-corrected chi connectivity index (χ0v) is 13.1. The average molecular weight is 296 g/mol. The van der Waals surface area contributed by atoms with E-state index >= 15 is 0 Å². The lowest BCUT2D eigenvalue weighted by Crippen LogP contribution is -2.34. The molecule has 112 valence electrons. The molecule has 0 amide bonds. The van der Waals surface area contributed by atoms with Gasteiger partial charge in [-0.2, -0.15) is 4.31 Å². The summed E-state index contributed by atoms with van der Waals surface area (Å²) < 4.78 is 27.1. The lowest BCUT2D eigenvalue weighted by molar-refractivity contribution is 0.395. The number of nitrogens with one attached hydrogen (secondary N) is 1. The number of rotatable bonds is 8. The van der Waals surface area contributed by atoms with Crippen LogP contribution in [-0.4, -0.2) is 32.4 Å². The van der Waals surface area contributed by atoms with E-state index in [2.05, 4.69) is 12.2 Å². The molecule has 0 unspecified atom stereocenters. The summed E-state index contributed by atoms with van der Waals surface area (Å²) in [6.45, 7) is 3.48. The molecule has 0 bridgehead atoms. The van der Waals surface area contributed by atoms with Crippen molar-refractivity contribution in [2.45, 2.75) is 50.1 Å². The van der Waals surface area contributed by atoms with E-state index in [1.807, 2.05) is 19.2 Å². The highest BCUT2D eigenvalue weighted by Gasteiger charge is 2.37. The van der Waals surface area contributed by atoms with Crippen LogP contribution in [0.25, 0.3) is 0 Å². The van der Waals surface area contributed by atoms with Crippen molar-refractivity contribution in [1.82, 2.24) is 9.62 Å². The van der Waals surface area contributed by atoms with Crippen LogP contribution in [0.1, 0.15) is 38.2 Å². The largest absolute Gasteiger partial charge is 0.316 e. The van der Waals surface area contributed by atoms with Gasteiger partial charge in [-0.3, -0.25) is 0 Å². The van der Waals surface area contributed by atoms with E-state index in [0.717, 1.165) is 37.8 Å². The van der Waals surface area contributed by atoms with E-state index in [4.69, 9.17) is 0 Å². The van der Waals surface area contributed by atoms with Crippen LogP contribution in [0.2, 0.25) is 0 Å². The molecule has 5 heteroatoms. The molecular weight excluding hydrogens is 272 g/mol. The maximum absolute atomic E-state index is 12.7. The maximum Gasteiger partial charge on any atom is 0.243 e. The SMILES string of the molecule is CCCCN(C1CC1)S(=O)(=O)c1ccc(CNC)cc1. The summed E-state index contributed by atoms with van der Waals surface area (Å²) in [5.41, 5.74) is 1.10. The monoisotopic (exact) mass is 296 g/mol. The topological polar surface area (TPSA) is 49.4 Å². The first-order valence-corrected chi connectivity index (χ1v) is 8.79. The summed E-state index contributed by atoms with van der Waals surface area (Å²) >= 11 is 0. The zero-order valence-electron chi connectivity index (χ0n) is 12.3. The molecule has 1 saturated carbocycles. The second-order valence-electron chi connectivity index (χ2n) is 5.37. The van der Waals surface area contributed by atoms with Crippen molar-refractivity contribution >= 4 is 10.0 Å².